The Morgan fingerprint density at radius 2 is 1.47 bits per heavy atom. The second kappa shape index (κ2) is 9.10. The van der Waals surface area contributed by atoms with Gasteiger partial charge in [-0.3, -0.25) is 4.79 Å². The number of benzene rings is 2. The first-order chi connectivity index (χ1) is 15.6. The second-order valence-electron chi connectivity index (χ2n) is 9.64. The summed E-state index contributed by atoms with van der Waals surface area (Å²) in [6, 6.07) is 17.3. The highest BCUT2D eigenvalue weighted by molar-refractivity contribution is 7.80. The van der Waals surface area contributed by atoms with Crippen molar-refractivity contribution in [1.29, 1.82) is 0 Å². The maximum absolute atomic E-state index is 13.2. The molecule has 2 N–H and O–H groups in total. The SMILES string of the molecule is O=C(NC(=S)Nc1cccc(OCCOc2ccccc2)c1)C12CC3CC(CC(C3)C1)C2. The fraction of sp³-hybridized carbons (Fsp3) is 0.462. The fourth-order valence-electron chi connectivity index (χ4n) is 6.29. The molecule has 0 heterocycles. The van der Waals surface area contributed by atoms with Crippen LogP contribution in [0.25, 0.3) is 0 Å². The maximum atomic E-state index is 13.2. The molecule has 0 aliphatic heterocycles. The number of amides is 1. The van der Waals surface area contributed by atoms with E-state index in [1.165, 1.54) is 19.3 Å². The van der Waals surface area contributed by atoms with Crippen LogP contribution in [0.1, 0.15) is 38.5 Å². The zero-order chi connectivity index (χ0) is 22.0. The van der Waals surface area contributed by atoms with E-state index in [1.807, 2.05) is 54.6 Å². The predicted octanol–water partition coefficient (Wildman–Crippen LogP) is 5.17. The number of rotatable bonds is 7. The fourth-order valence-corrected chi connectivity index (χ4v) is 6.50. The molecule has 6 heteroatoms. The van der Waals surface area contributed by atoms with Crippen LogP contribution in [0.3, 0.4) is 0 Å². The Morgan fingerprint density at radius 1 is 0.875 bits per heavy atom. The van der Waals surface area contributed by atoms with Crippen molar-refractivity contribution in [2.45, 2.75) is 38.5 Å². The van der Waals surface area contributed by atoms with E-state index in [-0.39, 0.29) is 11.3 Å². The van der Waals surface area contributed by atoms with E-state index in [2.05, 4.69) is 10.6 Å². The lowest BCUT2D eigenvalue weighted by atomic mass is 9.49. The molecule has 2 aromatic rings. The Labute approximate surface area is 194 Å². The minimum absolute atomic E-state index is 0.111. The molecule has 4 fully saturated rings. The molecule has 0 atom stereocenters. The van der Waals surface area contributed by atoms with Crippen LogP contribution in [-0.4, -0.2) is 24.2 Å². The van der Waals surface area contributed by atoms with Gasteiger partial charge in [-0.1, -0.05) is 24.3 Å². The number of carbonyl (C=O) groups excluding carboxylic acids is 1. The Balaban J connectivity index is 1.11. The van der Waals surface area contributed by atoms with Crippen LogP contribution >= 0.6 is 12.2 Å². The summed E-state index contributed by atoms with van der Waals surface area (Å²) in [5.74, 6) is 3.85. The van der Waals surface area contributed by atoms with E-state index >= 15 is 0 Å². The monoisotopic (exact) mass is 450 g/mol. The smallest absolute Gasteiger partial charge is 0.232 e. The van der Waals surface area contributed by atoms with Crippen LogP contribution in [0.4, 0.5) is 5.69 Å². The van der Waals surface area contributed by atoms with Gasteiger partial charge in [0.1, 0.15) is 24.7 Å². The average Bonchev–Trinajstić information content (AvgIpc) is 2.77. The topological polar surface area (TPSA) is 59.6 Å². The molecule has 1 amide bonds. The summed E-state index contributed by atoms with van der Waals surface area (Å²) in [7, 11) is 0. The first-order valence-electron chi connectivity index (χ1n) is 11.6. The van der Waals surface area contributed by atoms with Crippen LogP contribution in [-0.2, 0) is 4.79 Å². The van der Waals surface area contributed by atoms with E-state index < -0.39 is 0 Å². The van der Waals surface area contributed by atoms with Gasteiger partial charge < -0.3 is 20.1 Å². The van der Waals surface area contributed by atoms with Gasteiger partial charge in [0.25, 0.3) is 0 Å². The van der Waals surface area contributed by atoms with Crippen molar-refractivity contribution in [1.82, 2.24) is 5.32 Å². The Bertz CT molecular complexity index is 943. The second-order valence-corrected chi connectivity index (χ2v) is 10.1. The zero-order valence-electron chi connectivity index (χ0n) is 18.2. The van der Waals surface area contributed by atoms with Crippen molar-refractivity contribution in [2.75, 3.05) is 18.5 Å². The molecule has 2 aromatic carbocycles. The van der Waals surface area contributed by atoms with E-state index in [4.69, 9.17) is 21.7 Å². The lowest BCUT2D eigenvalue weighted by molar-refractivity contribution is -0.144. The largest absolute Gasteiger partial charge is 0.490 e. The number of hydrogen-bond donors (Lipinski definition) is 2. The predicted molar refractivity (Wildman–Crippen MR) is 129 cm³/mol. The van der Waals surface area contributed by atoms with E-state index in [0.717, 1.165) is 54.2 Å². The van der Waals surface area contributed by atoms with Gasteiger partial charge in [-0.05, 0) is 92.8 Å². The van der Waals surface area contributed by atoms with Crippen LogP contribution in [0.5, 0.6) is 11.5 Å². The summed E-state index contributed by atoms with van der Waals surface area (Å²) >= 11 is 5.47. The normalized spacial score (nSPS) is 27.6. The summed E-state index contributed by atoms with van der Waals surface area (Å²) in [6.07, 6.45) is 7.04. The molecule has 4 saturated carbocycles. The van der Waals surface area contributed by atoms with E-state index in [9.17, 15) is 4.79 Å². The summed E-state index contributed by atoms with van der Waals surface area (Å²) in [5, 5.41) is 6.50. The maximum Gasteiger partial charge on any atom is 0.232 e. The van der Waals surface area contributed by atoms with Crippen molar-refractivity contribution in [3.8, 4) is 11.5 Å². The number of carbonyl (C=O) groups is 1. The van der Waals surface area contributed by atoms with Crippen LogP contribution in [0.15, 0.2) is 54.6 Å². The Hall–Kier alpha value is -2.60. The molecule has 32 heavy (non-hydrogen) atoms. The molecule has 0 aromatic heterocycles. The lowest BCUT2D eigenvalue weighted by Crippen LogP contribution is -2.55. The zero-order valence-corrected chi connectivity index (χ0v) is 19.0. The Kier molecular flexibility index (Phi) is 6.05. The summed E-state index contributed by atoms with van der Waals surface area (Å²) < 4.78 is 11.5. The highest BCUT2D eigenvalue weighted by Gasteiger charge is 2.54. The summed E-state index contributed by atoms with van der Waals surface area (Å²) in [6.45, 7) is 0.896. The number of hydrogen-bond acceptors (Lipinski definition) is 4. The first kappa shape index (κ1) is 21.3. The molecule has 4 aliphatic rings. The van der Waals surface area contributed by atoms with Crippen LogP contribution in [0.2, 0.25) is 0 Å². The molecule has 0 spiro atoms. The van der Waals surface area contributed by atoms with Crippen LogP contribution < -0.4 is 20.1 Å². The molecule has 0 saturated heterocycles. The molecule has 168 valence electrons. The first-order valence-corrected chi connectivity index (χ1v) is 12.0. The summed E-state index contributed by atoms with van der Waals surface area (Å²) in [4.78, 5) is 13.2. The molecule has 4 bridgehead atoms. The molecule has 0 unspecified atom stereocenters. The third-order valence-corrected chi connectivity index (χ3v) is 7.41. The van der Waals surface area contributed by atoms with Gasteiger partial charge in [0, 0.05) is 11.8 Å². The quantitative estimate of drug-likeness (QED) is 0.450. The highest BCUT2D eigenvalue weighted by atomic mass is 32.1. The van der Waals surface area contributed by atoms with Gasteiger partial charge in [-0.15, -0.1) is 0 Å². The molecule has 6 rings (SSSR count). The Morgan fingerprint density at radius 3 is 2.12 bits per heavy atom. The number of ether oxygens (including phenoxy) is 2. The average molecular weight is 451 g/mol. The van der Waals surface area contributed by atoms with Crippen LogP contribution in [0, 0.1) is 23.2 Å². The van der Waals surface area contributed by atoms with Gasteiger partial charge in [0.15, 0.2) is 5.11 Å². The third-order valence-electron chi connectivity index (χ3n) is 7.20. The van der Waals surface area contributed by atoms with Crippen molar-refractivity contribution >= 4 is 28.9 Å². The van der Waals surface area contributed by atoms with Crippen molar-refractivity contribution in [2.24, 2.45) is 23.2 Å². The van der Waals surface area contributed by atoms with Gasteiger partial charge >= 0.3 is 0 Å². The third kappa shape index (κ3) is 4.75. The minimum atomic E-state index is -0.204. The number of thiocarbonyl (C=S) groups is 1. The molecule has 4 aliphatic carbocycles. The molecular weight excluding hydrogens is 420 g/mol. The highest BCUT2D eigenvalue weighted by Crippen LogP contribution is 2.60. The standard InChI is InChI=1S/C26H30N2O3S/c29-24(26-15-18-11-19(16-26)13-20(12-18)17-26)28-25(32)27-21-5-4-8-23(14-21)31-10-9-30-22-6-2-1-3-7-22/h1-8,14,18-20H,9-13,15-17H2,(H2,27,28,29,32). The minimum Gasteiger partial charge on any atom is -0.490 e. The summed E-state index contributed by atoms with van der Waals surface area (Å²) in [5.41, 5.74) is 0.590. The van der Waals surface area contributed by atoms with Gasteiger partial charge in [-0.25, -0.2) is 0 Å². The van der Waals surface area contributed by atoms with Crippen molar-refractivity contribution in [3.05, 3.63) is 54.6 Å². The van der Waals surface area contributed by atoms with Crippen molar-refractivity contribution in [3.63, 3.8) is 0 Å². The lowest BCUT2D eigenvalue weighted by Gasteiger charge is -2.55. The number of para-hydroxylation sites is 1. The van der Waals surface area contributed by atoms with Gasteiger partial charge in [0.05, 0.1) is 5.41 Å². The van der Waals surface area contributed by atoms with Gasteiger partial charge in [0.2, 0.25) is 5.91 Å². The molecule has 0 radical (unpaired) electrons. The van der Waals surface area contributed by atoms with E-state index in [1.54, 1.807) is 0 Å². The molecular formula is C26H30N2O3S. The number of nitrogens with one attached hydrogen (secondary N) is 2. The molecule has 5 nitrogen and oxygen atoms in total. The van der Waals surface area contributed by atoms with E-state index in [0.29, 0.717) is 18.3 Å². The van der Waals surface area contributed by atoms with Crippen molar-refractivity contribution < 1.29 is 14.3 Å². The van der Waals surface area contributed by atoms with Gasteiger partial charge in [-0.2, -0.15) is 0 Å². The number of anilines is 1.